The van der Waals surface area contributed by atoms with E-state index in [1.807, 2.05) is 0 Å². The van der Waals surface area contributed by atoms with Gasteiger partial charge in [-0.3, -0.25) is 14.5 Å². The first-order chi connectivity index (χ1) is 14.4. The molecular weight excluding hydrogens is 390 g/mol. The molecule has 3 aromatic rings. The molecule has 0 saturated heterocycles. The minimum Gasteiger partial charge on any atom is -0.497 e. The molecule has 4 rings (SSSR count). The summed E-state index contributed by atoms with van der Waals surface area (Å²) >= 11 is 0. The molecule has 0 saturated carbocycles. The molecule has 2 heterocycles. The van der Waals surface area contributed by atoms with Gasteiger partial charge in [0.25, 0.3) is 17.7 Å². The molecule has 9 heteroatoms. The summed E-state index contributed by atoms with van der Waals surface area (Å²) in [6.07, 6.45) is -0.815. The quantitative estimate of drug-likeness (QED) is 0.469. The van der Waals surface area contributed by atoms with Crippen LogP contribution < -0.4 is 4.74 Å². The number of hydrogen-bond donors (Lipinski definition) is 0. The molecule has 0 unspecified atom stereocenters. The summed E-state index contributed by atoms with van der Waals surface area (Å²) in [5.74, 6) is -0.439. The summed E-state index contributed by atoms with van der Waals surface area (Å²) in [6.45, 7) is 1.60. The first kappa shape index (κ1) is 19.3. The molecule has 2 aromatic carbocycles. The van der Waals surface area contributed by atoms with Gasteiger partial charge in [-0.15, -0.1) is 10.2 Å². The zero-order valence-electron chi connectivity index (χ0n) is 16.4. The van der Waals surface area contributed by atoms with Gasteiger partial charge in [0.1, 0.15) is 5.75 Å². The van der Waals surface area contributed by atoms with E-state index in [0.29, 0.717) is 11.3 Å². The monoisotopic (exact) mass is 407 g/mol. The maximum atomic E-state index is 12.5. The SMILES string of the molecule is COc1ccc(-c2nnc([C@H](C)OC(=O)c3ccc4c(c3)C(=O)N(C)C4=O)o2)cc1. The predicted octanol–water partition coefficient (Wildman–Crippen LogP) is 2.89. The van der Waals surface area contributed by atoms with Crippen LogP contribution in [0.1, 0.15) is 50.0 Å². The average molecular weight is 407 g/mol. The number of methoxy groups -OCH3 is 1. The Kier molecular flexibility index (Phi) is 4.78. The number of aromatic nitrogens is 2. The van der Waals surface area contributed by atoms with Gasteiger partial charge in [0.15, 0.2) is 6.10 Å². The third kappa shape index (κ3) is 3.30. The van der Waals surface area contributed by atoms with Gasteiger partial charge in [-0.25, -0.2) is 4.79 Å². The van der Waals surface area contributed by atoms with Crippen LogP contribution in [0.5, 0.6) is 5.75 Å². The topological polar surface area (TPSA) is 112 Å². The number of carbonyl (C=O) groups is 3. The Balaban J connectivity index is 1.49. The lowest BCUT2D eigenvalue weighted by molar-refractivity contribution is 0.0279. The Hall–Kier alpha value is -4.01. The molecule has 0 N–H and O–H groups in total. The van der Waals surface area contributed by atoms with Gasteiger partial charge in [0, 0.05) is 12.6 Å². The molecule has 30 heavy (non-hydrogen) atoms. The number of amides is 2. The molecule has 1 aliphatic rings. The molecule has 2 amide bonds. The van der Waals surface area contributed by atoms with Crippen molar-refractivity contribution in [2.24, 2.45) is 0 Å². The summed E-state index contributed by atoms with van der Waals surface area (Å²) in [5, 5.41) is 7.92. The van der Waals surface area contributed by atoms with E-state index in [0.717, 1.165) is 4.90 Å². The Bertz CT molecular complexity index is 1150. The second kappa shape index (κ2) is 7.43. The number of nitrogens with zero attached hydrogens (tertiary/aromatic N) is 3. The van der Waals surface area contributed by atoms with Gasteiger partial charge >= 0.3 is 5.97 Å². The Morgan fingerprint density at radius 1 is 1.03 bits per heavy atom. The molecule has 0 aliphatic carbocycles. The van der Waals surface area contributed by atoms with Crippen LogP contribution in [0.3, 0.4) is 0 Å². The molecular formula is C21H17N3O6. The van der Waals surface area contributed by atoms with Crippen molar-refractivity contribution < 1.29 is 28.3 Å². The van der Waals surface area contributed by atoms with Crippen LogP contribution in [0.4, 0.5) is 0 Å². The second-order valence-corrected chi connectivity index (χ2v) is 6.65. The molecule has 0 spiro atoms. The lowest BCUT2D eigenvalue weighted by Crippen LogP contribution is -2.24. The average Bonchev–Trinajstić information content (AvgIpc) is 3.34. The van der Waals surface area contributed by atoms with Crippen LogP contribution in [-0.4, -0.2) is 47.0 Å². The predicted molar refractivity (Wildman–Crippen MR) is 103 cm³/mol. The summed E-state index contributed by atoms with van der Waals surface area (Å²) in [5.41, 5.74) is 1.27. The number of benzene rings is 2. The highest BCUT2D eigenvalue weighted by Gasteiger charge is 2.33. The molecule has 0 bridgehead atoms. The van der Waals surface area contributed by atoms with Crippen LogP contribution >= 0.6 is 0 Å². The molecule has 152 valence electrons. The first-order valence-corrected chi connectivity index (χ1v) is 9.04. The van der Waals surface area contributed by atoms with E-state index in [-0.39, 0.29) is 28.5 Å². The van der Waals surface area contributed by atoms with Crippen LogP contribution in [0.25, 0.3) is 11.5 Å². The van der Waals surface area contributed by atoms with Gasteiger partial charge in [-0.1, -0.05) is 0 Å². The van der Waals surface area contributed by atoms with Crippen LogP contribution in [-0.2, 0) is 4.74 Å². The van der Waals surface area contributed by atoms with Crippen LogP contribution in [0, 0.1) is 0 Å². The lowest BCUT2D eigenvalue weighted by Gasteiger charge is -2.09. The smallest absolute Gasteiger partial charge is 0.338 e. The van der Waals surface area contributed by atoms with Gasteiger partial charge in [-0.05, 0) is 49.4 Å². The summed E-state index contributed by atoms with van der Waals surface area (Å²) in [7, 11) is 2.96. The van der Waals surface area contributed by atoms with Crippen LogP contribution in [0.15, 0.2) is 46.9 Å². The zero-order valence-corrected chi connectivity index (χ0v) is 16.4. The van der Waals surface area contributed by atoms with E-state index < -0.39 is 23.9 Å². The van der Waals surface area contributed by atoms with Crippen molar-refractivity contribution >= 4 is 17.8 Å². The maximum absolute atomic E-state index is 12.5. The number of rotatable bonds is 5. The fourth-order valence-corrected chi connectivity index (χ4v) is 3.02. The molecule has 0 radical (unpaired) electrons. The summed E-state index contributed by atoms with van der Waals surface area (Å²) < 4.78 is 16.1. The van der Waals surface area contributed by atoms with Gasteiger partial charge in [0.2, 0.25) is 5.89 Å². The number of imide groups is 1. The fraction of sp³-hybridized carbons (Fsp3) is 0.190. The van der Waals surface area contributed by atoms with Crippen molar-refractivity contribution in [1.82, 2.24) is 15.1 Å². The van der Waals surface area contributed by atoms with Gasteiger partial charge < -0.3 is 13.9 Å². The standard InChI is InChI=1S/C21H17N3O6/c1-11(17-22-23-18(30-17)12-4-7-14(28-3)8-5-12)29-21(27)13-6-9-15-16(10-13)20(26)24(2)19(15)25/h4-11H,1-3H3/t11-/m0/s1. The van der Waals surface area contributed by atoms with Crippen molar-refractivity contribution in [2.75, 3.05) is 14.2 Å². The lowest BCUT2D eigenvalue weighted by atomic mass is 10.1. The Morgan fingerprint density at radius 3 is 2.43 bits per heavy atom. The number of ether oxygens (including phenoxy) is 2. The van der Waals surface area contributed by atoms with Gasteiger partial charge in [0.05, 0.1) is 23.8 Å². The van der Waals surface area contributed by atoms with Gasteiger partial charge in [-0.2, -0.15) is 0 Å². The van der Waals surface area contributed by atoms with E-state index in [1.54, 1.807) is 38.3 Å². The van der Waals surface area contributed by atoms with E-state index in [9.17, 15) is 14.4 Å². The number of esters is 1. The summed E-state index contributed by atoms with van der Waals surface area (Å²) in [6, 6.07) is 11.3. The van der Waals surface area contributed by atoms with E-state index in [1.165, 1.54) is 25.2 Å². The van der Waals surface area contributed by atoms with Crippen molar-refractivity contribution in [3.63, 3.8) is 0 Å². The Morgan fingerprint density at radius 2 is 1.73 bits per heavy atom. The van der Waals surface area contributed by atoms with E-state index in [2.05, 4.69) is 10.2 Å². The van der Waals surface area contributed by atoms with E-state index >= 15 is 0 Å². The van der Waals surface area contributed by atoms with E-state index in [4.69, 9.17) is 13.9 Å². The fourth-order valence-electron chi connectivity index (χ4n) is 3.02. The van der Waals surface area contributed by atoms with Crippen molar-refractivity contribution in [3.8, 4) is 17.2 Å². The van der Waals surface area contributed by atoms with Crippen molar-refractivity contribution in [1.29, 1.82) is 0 Å². The maximum Gasteiger partial charge on any atom is 0.338 e. The minimum absolute atomic E-state index is 0.126. The van der Waals surface area contributed by atoms with Crippen molar-refractivity contribution in [3.05, 3.63) is 65.0 Å². The Labute approximate surface area is 171 Å². The molecule has 9 nitrogen and oxygen atoms in total. The van der Waals surface area contributed by atoms with Crippen LogP contribution in [0.2, 0.25) is 0 Å². The number of hydrogen-bond acceptors (Lipinski definition) is 8. The van der Waals surface area contributed by atoms with Crippen molar-refractivity contribution in [2.45, 2.75) is 13.0 Å². The molecule has 1 atom stereocenters. The molecule has 0 fully saturated rings. The highest BCUT2D eigenvalue weighted by molar-refractivity contribution is 6.21. The first-order valence-electron chi connectivity index (χ1n) is 9.04. The third-order valence-electron chi connectivity index (χ3n) is 4.73. The highest BCUT2D eigenvalue weighted by Crippen LogP contribution is 2.26. The normalized spacial score (nSPS) is 13.9. The number of carbonyl (C=O) groups excluding carboxylic acids is 3. The second-order valence-electron chi connectivity index (χ2n) is 6.65. The number of fused-ring (bicyclic) bond motifs is 1. The minimum atomic E-state index is -0.815. The third-order valence-corrected chi connectivity index (χ3v) is 4.73. The molecule has 1 aromatic heterocycles. The molecule has 1 aliphatic heterocycles. The zero-order chi connectivity index (χ0) is 21.4. The summed E-state index contributed by atoms with van der Waals surface area (Å²) in [4.78, 5) is 37.6. The highest BCUT2D eigenvalue weighted by atomic mass is 16.6. The largest absolute Gasteiger partial charge is 0.497 e.